The van der Waals surface area contributed by atoms with Gasteiger partial charge in [-0.1, -0.05) is 31.5 Å². The van der Waals surface area contributed by atoms with Crippen molar-refractivity contribution >= 4 is 5.97 Å². The topological polar surface area (TPSA) is 26.3 Å². The molecular formula is C14H22O2. The lowest BCUT2D eigenvalue weighted by atomic mass is 10.1. The van der Waals surface area contributed by atoms with E-state index in [1.54, 1.807) is 12.1 Å². The molecule has 1 rings (SSSR count). The molecule has 0 atom stereocenters. The van der Waals surface area contributed by atoms with Gasteiger partial charge in [-0.25, -0.2) is 4.79 Å². The van der Waals surface area contributed by atoms with Crippen LogP contribution in [0.3, 0.4) is 0 Å². The molecule has 0 saturated heterocycles. The van der Waals surface area contributed by atoms with Gasteiger partial charge in [0.2, 0.25) is 0 Å². The Balaban J connectivity index is 0.00000106. The third-order valence-corrected chi connectivity index (χ3v) is 1.69. The van der Waals surface area contributed by atoms with Crippen LogP contribution in [0.15, 0.2) is 24.3 Å². The fraction of sp³-hybridized carbons (Fsp3) is 0.500. The van der Waals surface area contributed by atoms with Gasteiger partial charge in [-0.2, -0.15) is 0 Å². The molecule has 0 N–H and O–H groups in total. The summed E-state index contributed by atoms with van der Waals surface area (Å²) in [7, 11) is 0. The minimum absolute atomic E-state index is 0.266. The highest BCUT2D eigenvalue weighted by Crippen LogP contribution is 2.12. The van der Waals surface area contributed by atoms with Gasteiger partial charge in [0.25, 0.3) is 0 Å². The van der Waals surface area contributed by atoms with Crippen molar-refractivity contribution in [3.8, 4) is 0 Å². The van der Waals surface area contributed by atoms with Crippen LogP contribution in [0, 0.1) is 6.92 Å². The largest absolute Gasteiger partial charge is 0.456 e. The Morgan fingerprint density at radius 1 is 1.06 bits per heavy atom. The third kappa shape index (κ3) is 5.54. The van der Waals surface area contributed by atoms with Gasteiger partial charge in [0, 0.05) is 0 Å². The van der Waals surface area contributed by atoms with E-state index in [1.807, 2.05) is 53.7 Å². The van der Waals surface area contributed by atoms with Crippen LogP contribution in [-0.2, 0) is 4.74 Å². The lowest BCUT2D eigenvalue weighted by Gasteiger charge is -2.19. The molecule has 16 heavy (non-hydrogen) atoms. The molecule has 1 aromatic rings. The molecule has 0 heterocycles. The molecule has 0 aliphatic carbocycles. The third-order valence-electron chi connectivity index (χ3n) is 1.69. The summed E-state index contributed by atoms with van der Waals surface area (Å²) in [5, 5.41) is 0. The molecule has 1 aromatic carbocycles. The predicted molar refractivity (Wildman–Crippen MR) is 67.7 cm³/mol. The van der Waals surface area contributed by atoms with Gasteiger partial charge in [-0.3, -0.25) is 0 Å². The quantitative estimate of drug-likeness (QED) is 0.672. The summed E-state index contributed by atoms with van der Waals surface area (Å²) in [6.45, 7) is 11.6. The monoisotopic (exact) mass is 222 g/mol. The van der Waals surface area contributed by atoms with Gasteiger partial charge in [0.05, 0.1) is 5.56 Å². The first kappa shape index (κ1) is 14.7. The van der Waals surface area contributed by atoms with Gasteiger partial charge >= 0.3 is 5.97 Å². The lowest BCUT2D eigenvalue weighted by molar-refractivity contribution is 0.00696. The molecule has 0 aliphatic heterocycles. The molecule has 90 valence electrons. The summed E-state index contributed by atoms with van der Waals surface area (Å²) in [4.78, 5) is 11.5. The molecule has 0 aliphatic rings. The number of aryl methyl sites for hydroxylation is 1. The summed E-state index contributed by atoms with van der Waals surface area (Å²) in [6, 6.07) is 7.37. The molecule has 0 aromatic heterocycles. The molecule has 0 radical (unpaired) electrons. The average molecular weight is 222 g/mol. The second kappa shape index (κ2) is 6.31. The predicted octanol–water partition coefficient (Wildman–Crippen LogP) is 3.98. The Kier molecular flexibility index (Phi) is 5.79. The van der Waals surface area contributed by atoms with E-state index < -0.39 is 5.60 Å². The highest BCUT2D eigenvalue weighted by Gasteiger charge is 2.17. The maximum Gasteiger partial charge on any atom is 0.338 e. The van der Waals surface area contributed by atoms with Crippen molar-refractivity contribution in [1.82, 2.24) is 0 Å². The molecule has 0 saturated carbocycles. The zero-order valence-corrected chi connectivity index (χ0v) is 11.1. The number of rotatable bonds is 1. The van der Waals surface area contributed by atoms with Crippen LogP contribution in [0.1, 0.15) is 50.5 Å². The van der Waals surface area contributed by atoms with E-state index in [9.17, 15) is 4.79 Å². The van der Waals surface area contributed by atoms with E-state index in [2.05, 4.69) is 0 Å². The van der Waals surface area contributed by atoms with E-state index in [1.165, 1.54) is 0 Å². The van der Waals surface area contributed by atoms with E-state index in [0.29, 0.717) is 5.56 Å². The van der Waals surface area contributed by atoms with Crippen molar-refractivity contribution in [1.29, 1.82) is 0 Å². The number of hydrogen-bond donors (Lipinski definition) is 0. The first-order chi connectivity index (χ1) is 7.38. The van der Waals surface area contributed by atoms with Crippen LogP contribution in [0.4, 0.5) is 0 Å². The highest BCUT2D eigenvalue weighted by atomic mass is 16.6. The number of hydrogen-bond acceptors (Lipinski definition) is 2. The molecule has 0 spiro atoms. The van der Waals surface area contributed by atoms with Crippen molar-refractivity contribution in [2.24, 2.45) is 0 Å². The van der Waals surface area contributed by atoms with Gasteiger partial charge in [0.1, 0.15) is 5.60 Å². The Morgan fingerprint density at radius 3 is 1.88 bits per heavy atom. The van der Waals surface area contributed by atoms with Crippen molar-refractivity contribution < 1.29 is 9.53 Å². The number of benzene rings is 1. The number of carbonyl (C=O) groups excluding carboxylic acids is 1. The maximum atomic E-state index is 11.5. The molecule has 0 unspecified atom stereocenters. The maximum absolute atomic E-state index is 11.5. The Labute approximate surface area is 98.6 Å². The molecule has 0 amide bonds. The van der Waals surface area contributed by atoms with Crippen LogP contribution in [0.5, 0.6) is 0 Å². The van der Waals surface area contributed by atoms with Crippen LogP contribution in [-0.4, -0.2) is 11.6 Å². The number of carbonyl (C=O) groups is 1. The smallest absolute Gasteiger partial charge is 0.338 e. The van der Waals surface area contributed by atoms with Crippen LogP contribution < -0.4 is 0 Å². The normalized spacial score (nSPS) is 10.1. The fourth-order valence-electron chi connectivity index (χ4n) is 1.03. The summed E-state index contributed by atoms with van der Waals surface area (Å²) in [5.74, 6) is -0.266. The summed E-state index contributed by atoms with van der Waals surface area (Å²) in [5.41, 5.74) is 1.31. The molecule has 0 fully saturated rings. The summed E-state index contributed by atoms with van der Waals surface area (Å²) in [6.07, 6.45) is 0. The van der Waals surface area contributed by atoms with E-state index >= 15 is 0 Å². The molecule has 2 heteroatoms. The summed E-state index contributed by atoms with van der Waals surface area (Å²) < 4.78 is 5.22. The Morgan fingerprint density at radius 2 is 1.50 bits per heavy atom. The van der Waals surface area contributed by atoms with Gasteiger partial charge < -0.3 is 4.74 Å². The van der Waals surface area contributed by atoms with E-state index in [-0.39, 0.29) is 5.97 Å². The SMILES string of the molecule is CC.Cc1ccc(C(=O)OC(C)(C)C)cc1. The molecular weight excluding hydrogens is 200 g/mol. The molecule has 0 bridgehead atoms. The fourth-order valence-corrected chi connectivity index (χ4v) is 1.03. The van der Waals surface area contributed by atoms with Crippen LogP contribution >= 0.6 is 0 Å². The summed E-state index contributed by atoms with van der Waals surface area (Å²) >= 11 is 0. The van der Waals surface area contributed by atoms with E-state index in [4.69, 9.17) is 4.74 Å². The number of ether oxygens (including phenoxy) is 1. The van der Waals surface area contributed by atoms with Crippen LogP contribution in [0.25, 0.3) is 0 Å². The Hall–Kier alpha value is -1.31. The minimum Gasteiger partial charge on any atom is -0.456 e. The Bertz CT molecular complexity index is 318. The first-order valence-electron chi connectivity index (χ1n) is 5.68. The molecule has 2 nitrogen and oxygen atoms in total. The van der Waals surface area contributed by atoms with Gasteiger partial charge in [-0.05, 0) is 39.8 Å². The lowest BCUT2D eigenvalue weighted by Crippen LogP contribution is -2.23. The highest BCUT2D eigenvalue weighted by molar-refractivity contribution is 5.89. The van der Waals surface area contributed by atoms with Crippen molar-refractivity contribution in [2.75, 3.05) is 0 Å². The number of esters is 1. The van der Waals surface area contributed by atoms with Gasteiger partial charge in [0.15, 0.2) is 0 Å². The van der Waals surface area contributed by atoms with Crippen LogP contribution in [0.2, 0.25) is 0 Å². The first-order valence-corrected chi connectivity index (χ1v) is 5.68. The van der Waals surface area contributed by atoms with Crippen molar-refractivity contribution in [3.63, 3.8) is 0 Å². The standard InChI is InChI=1S/C12H16O2.C2H6/c1-9-5-7-10(8-6-9)11(13)14-12(2,3)4;1-2/h5-8H,1-4H3;1-2H3. The zero-order chi connectivity index (χ0) is 12.8. The average Bonchev–Trinajstić information content (AvgIpc) is 2.19. The van der Waals surface area contributed by atoms with Crippen molar-refractivity contribution in [2.45, 2.75) is 47.1 Å². The zero-order valence-electron chi connectivity index (χ0n) is 11.1. The van der Waals surface area contributed by atoms with E-state index in [0.717, 1.165) is 5.56 Å². The van der Waals surface area contributed by atoms with Crippen molar-refractivity contribution in [3.05, 3.63) is 35.4 Å². The van der Waals surface area contributed by atoms with Gasteiger partial charge in [-0.15, -0.1) is 0 Å². The minimum atomic E-state index is -0.429. The second-order valence-electron chi connectivity index (χ2n) is 4.37. The second-order valence-corrected chi connectivity index (χ2v) is 4.37.